The molecule has 0 aliphatic carbocycles. The van der Waals surface area contributed by atoms with Crippen molar-refractivity contribution < 1.29 is 49.8 Å². The lowest BCUT2D eigenvalue weighted by Crippen LogP contribution is -2.67. The Labute approximate surface area is 256 Å². The molecule has 0 saturated heterocycles. The number of amides is 3. The van der Waals surface area contributed by atoms with Crippen LogP contribution in [-0.4, -0.2) is 63.0 Å². The minimum atomic E-state index is -1.42. The molecule has 0 aliphatic rings. The van der Waals surface area contributed by atoms with Gasteiger partial charge >= 0.3 is 23.8 Å². The first-order valence-electron chi connectivity index (χ1n) is 13.8. The summed E-state index contributed by atoms with van der Waals surface area (Å²) < 4.78 is 0. The van der Waals surface area contributed by atoms with Crippen molar-refractivity contribution in [2.45, 2.75) is 50.6 Å². The van der Waals surface area contributed by atoms with Gasteiger partial charge in [0, 0.05) is 17.7 Å². The second kappa shape index (κ2) is 16.1. The van der Waals surface area contributed by atoms with E-state index in [1.54, 1.807) is 23.5 Å². The van der Waals surface area contributed by atoms with Crippen molar-refractivity contribution in [1.82, 2.24) is 10.6 Å². The maximum absolute atomic E-state index is 13.2. The van der Waals surface area contributed by atoms with Crippen molar-refractivity contribution in [1.29, 1.82) is 0 Å². The van der Waals surface area contributed by atoms with Gasteiger partial charge in [-0.2, -0.15) is 0 Å². The molecule has 0 fully saturated rings. The van der Waals surface area contributed by atoms with Crippen LogP contribution in [0.4, 0.5) is 0 Å². The molecule has 13 heteroatoms. The Kier molecular flexibility index (Phi) is 12.3. The average Bonchev–Trinajstić information content (AvgIpc) is 3.47. The molecule has 0 saturated carbocycles. The predicted molar refractivity (Wildman–Crippen MR) is 160 cm³/mol. The average molecular weight is 625 g/mol. The molecule has 12 nitrogen and oxygen atoms in total. The molecule has 0 spiro atoms. The largest absolute Gasteiger partial charge is 0.481 e. The fraction of sp³-hybridized carbons (Fsp3) is 0.290. The van der Waals surface area contributed by atoms with Crippen molar-refractivity contribution in [3.05, 3.63) is 71.6 Å². The number of carbonyl (C=O) groups excluding carboxylic acids is 3. The van der Waals surface area contributed by atoms with Crippen LogP contribution in [0, 0.1) is 5.92 Å². The van der Waals surface area contributed by atoms with E-state index in [-0.39, 0.29) is 19.3 Å². The third kappa shape index (κ3) is 10.4. The van der Waals surface area contributed by atoms with Gasteiger partial charge in [0.15, 0.2) is 0 Å². The summed E-state index contributed by atoms with van der Waals surface area (Å²) in [5.74, 6) is -7.21. The van der Waals surface area contributed by atoms with Gasteiger partial charge < -0.3 is 26.0 Å². The van der Waals surface area contributed by atoms with Gasteiger partial charge in [-0.05, 0) is 53.0 Å². The molecule has 44 heavy (non-hydrogen) atoms. The van der Waals surface area contributed by atoms with E-state index in [4.69, 9.17) is 10.2 Å². The number of quaternary nitrogens is 1. The number of thiophene rings is 1. The number of carbonyl (C=O) groups is 6. The van der Waals surface area contributed by atoms with Crippen LogP contribution in [0.3, 0.4) is 0 Å². The van der Waals surface area contributed by atoms with Crippen LogP contribution < -0.4 is 16.4 Å². The van der Waals surface area contributed by atoms with Gasteiger partial charge in [0.1, 0.15) is 12.1 Å². The summed E-state index contributed by atoms with van der Waals surface area (Å²) in [6, 6.07) is 16.7. The summed E-state index contributed by atoms with van der Waals surface area (Å²) in [4.78, 5) is 72.8. The Morgan fingerprint density at radius 3 is 1.86 bits per heavy atom. The first kappa shape index (κ1) is 33.6. The lowest BCUT2D eigenvalue weighted by Gasteiger charge is -2.23. The first-order valence-corrected chi connectivity index (χ1v) is 14.7. The Morgan fingerprint density at radius 2 is 1.30 bits per heavy atom. The minimum absolute atomic E-state index is 0.0317. The van der Waals surface area contributed by atoms with Crippen LogP contribution in [0.5, 0.6) is 0 Å². The second-order valence-electron chi connectivity index (χ2n) is 10.2. The standard InChI is InChI=1S/C31H33N3O9S/c32-29(41)23(10-12-26(35)36)33-31(43)24(11-13-27(37)38)34-30(42)21(16-28(39)40)14-18-6-8-20(9-7-18)25-15-22(17-44-25)19-4-2-1-3-5-19/h1-9,15,17,21,23-24H,10-14,16H2,(H2,32,41)(H,33,43)(H,34,42)(H,35,36)(H,37,38)(H,39,40)/p+1. The summed E-state index contributed by atoms with van der Waals surface area (Å²) >= 11 is 1.58. The van der Waals surface area contributed by atoms with Gasteiger partial charge in [-0.1, -0.05) is 54.6 Å². The molecular weight excluding hydrogens is 590 g/mol. The molecule has 232 valence electrons. The Hall–Kier alpha value is -4.88. The molecule has 0 aliphatic heterocycles. The fourth-order valence-corrected chi connectivity index (χ4v) is 5.43. The quantitative estimate of drug-likeness (QED) is 0.130. The number of hydrogen-bond donors (Lipinski definition) is 6. The molecule has 0 radical (unpaired) electrons. The summed E-state index contributed by atoms with van der Waals surface area (Å²) in [7, 11) is 0. The summed E-state index contributed by atoms with van der Waals surface area (Å²) in [6.45, 7) is 0. The number of benzene rings is 2. The topological polar surface area (TPSA) is 215 Å². The van der Waals surface area contributed by atoms with Crippen molar-refractivity contribution in [2.24, 2.45) is 5.92 Å². The van der Waals surface area contributed by atoms with Crippen molar-refractivity contribution in [2.75, 3.05) is 0 Å². The SMILES string of the molecule is [NH3+]C(=O)C(CCC(=O)O)NC(=O)C(CCC(=O)O)NC(=O)C(CC(=O)O)Cc1ccc(-c2cc(-c3ccccc3)cs2)cc1. The highest BCUT2D eigenvalue weighted by Crippen LogP contribution is 2.33. The van der Waals surface area contributed by atoms with Crippen LogP contribution in [-0.2, 0) is 35.2 Å². The van der Waals surface area contributed by atoms with E-state index in [0.717, 1.165) is 21.6 Å². The smallest absolute Gasteiger partial charge is 0.331 e. The van der Waals surface area contributed by atoms with E-state index in [0.29, 0.717) is 5.56 Å². The number of carboxylic acids is 3. The third-order valence-electron chi connectivity index (χ3n) is 6.85. The van der Waals surface area contributed by atoms with Gasteiger partial charge in [0.05, 0.1) is 12.3 Å². The lowest BCUT2D eigenvalue weighted by molar-refractivity contribution is -0.308. The van der Waals surface area contributed by atoms with E-state index in [1.165, 1.54) is 0 Å². The number of hydrogen-bond acceptors (Lipinski definition) is 7. The third-order valence-corrected chi connectivity index (χ3v) is 7.83. The maximum Gasteiger partial charge on any atom is 0.331 e. The van der Waals surface area contributed by atoms with Crippen LogP contribution in [0.2, 0.25) is 0 Å². The summed E-state index contributed by atoms with van der Waals surface area (Å²) in [5.41, 5.74) is 7.03. The van der Waals surface area contributed by atoms with Crippen LogP contribution >= 0.6 is 11.3 Å². The zero-order chi connectivity index (χ0) is 32.2. The van der Waals surface area contributed by atoms with Crippen LogP contribution in [0.1, 0.15) is 37.7 Å². The van der Waals surface area contributed by atoms with Gasteiger partial charge in [0.25, 0.3) is 0 Å². The number of carboxylic acid groups (broad SMARTS) is 3. The van der Waals surface area contributed by atoms with E-state index < -0.39 is 72.9 Å². The molecule has 1 heterocycles. The Morgan fingerprint density at radius 1 is 0.705 bits per heavy atom. The summed E-state index contributed by atoms with van der Waals surface area (Å²) in [6.07, 6.45) is -2.05. The minimum Gasteiger partial charge on any atom is -0.481 e. The lowest BCUT2D eigenvalue weighted by atomic mass is 9.94. The maximum atomic E-state index is 13.2. The van der Waals surface area contributed by atoms with Gasteiger partial charge in [-0.3, -0.25) is 29.7 Å². The van der Waals surface area contributed by atoms with E-state index >= 15 is 0 Å². The zero-order valence-electron chi connectivity index (χ0n) is 23.7. The van der Waals surface area contributed by atoms with E-state index in [1.807, 2.05) is 42.5 Å². The van der Waals surface area contributed by atoms with Crippen molar-refractivity contribution in [3.63, 3.8) is 0 Å². The van der Waals surface area contributed by atoms with Gasteiger partial charge in [0.2, 0.25) is 11.8 Å². The highest BCUT2D eigenvalue weighted by atomic mass is 32.1. The highest BCUT2D eigenvalue weighted by Gasteiger charge is 2.31. The van der Waals surface area contributed by atoms with Gasteiger partial charge in [-0.15, -0.1) is 11.3 Å². The number of rotatable bonds is 17. The molecule has 3 atom stereocenters. The fourth-order valence-electron chi connectivity index (χ4n) is 4.51. The first-order chi connectivity index (χ1) is 20.9. The summed E-state index contributed by atoms with van der Waals surface area (Å²) in [5, 5.41) is 34.3. The molecule has 3 rings (SSSR count). The molecule has 2 aromatic carbocycles. The van der Waals surface area contributed by atoms with Gasteiger partial charge in [-0.25, -0.2) is 4.79 Å². The molecule has 0 bridgehead atoms. The Balaban J connectivity index is 1.73. The van der Waals surface area contributed by atoms with E-state index in [2.05, 4.69) is 27.8 Å². The normalized spacial score (nSPS) is 12.8. The molecule has 8 N–H and O–H groups in total. The highest BCUT2D eigenvalue weighted by molar-refractivity contribution is 7.14. The second-order valence-corrected chi connectivity index (χ2v) is 11.1. The molecule has 3 aromatic rings. The van der Waals surface area contributed by atoms with Crippen molar-refractivity contribution in [3.8, 4) is 21.6 Å². The molecular formula is C31H34N3O9S+. The monoisotopic (exact) mass is 624 g/mol. The Bertz CT molecular complexity index is 1490. The molecule has 3 unspecified atom stereocenters. The molecule has 1 aromatic heterocycles. The van der Waals surface area contributed by atoms with E-state index in [9.17, 15) is 33.9 Å². The van der Waals surface area contributed by atoms with Crippen molar-refractivity contribution >= 4 is 47.0 Å². The van der Waals surface area contributed by atoms with Crippen LogP contribution in [0.25, 0.3) is 21.6 Å². The zero-order valence-corrected chi connectivity index (χ0v) is 24.5. The predicted octanol–water partition coefficient (Wildman–Crippen LogP) is 2.18. The molecule has 3 amide bonds. The van der Waals surface area contributed by atoms with Crippen LogP contribution in [0.15, 0.2) is 66.0 Å². The number of aliphatic carboxylic acids is 3. The number of nitrogens with one attached hydrogen (secondary N) is 2.